The van der Waals surface area contributed by atoms with E-state index >= 15 is 0 Å². The zero-order valence-corrected chi connectivity index (χ0v) is 14.7. The van der Waals surface area contributed by atoms with Gasteiger partial charge >= 0.3 is 0 Å². The maximum Gasteiger partial charge on any atom is 0.276 e. The van der Waals surface area contributed by atoms with Gasteiger partial charge in [-0.25, -0.2) is 0 Å². The topological polar surface area (TPSA) is 90.6 Å². The fourth-order valence-corrected chi connectivity index (χ4v) is 2.94. The molecular formula is C19H18N4O4. The lowest BCUT2D eigenvalue weighted by molar-refractivity contribution is 0.0760. The molecule has 3 heterocycles. The van der Waals surface area contributed by atoms with Gasteiger partial charge in [0.25, 0.3) is 5.91 Å². The Kier molecular flexibility index (Phi) is 4.69. The fraction of sp³-hybridized carbons (Fsp3) is 0.263. The van der Waals surface area contributed by atoms with Gasteiger partial charge in [-0.15, -0.1) is 0 Å². The molecule has 1 aliphatic heterocycles. The van der Waals surface area contributed by atoms with Crippen molar-refractivity contribution in [2.24, 2.45) is 0 Å². The van der Waals surface area contributed by atoms with E-state index in [9.17, 15) is 4.79 Å². The van der Waals surface area contributed by atoms with Gasteiger partial charge in [0.1, 0.15) is 6.10 Å². The number of carbonyl (C=O) groups is 1. The Morgan fingerprint density at radius 3 is 2.85 bits per heavy atom. The fourth-order valence-electron chi connectivity index (χ4n) is 2.94. The van der Waals surface area contributed by atoms with E-state index in [1.165, 1.54) is 19.5 Å². The van der Waals surface area contributed by atoms with Crippen molar-refractivity contribution in [1.29, 1.82) is 0 Å². The van der Waals surface area contributed by atoms with Crippen molar-refractivity contribution >= 4 is 5.91 Å². The third-order valence-corrected chi connectivity index (χ3v) is 4.31. The monoisotopic (exact) mass is 366 g/mol. The van der Waals surface area contributed by atoms with Crippen LogP contribution in [0, 0.1) is 0 Å². The van der Waals surface area contributed by atoms with Gasteiger partial charge < -0.3 is 18.9 Å². The molecule has 0 N–H and O–H groups in total. The molecule has 8 heteroatoms. The Morgan fingerprint density at radius 1 is 1.22 bits per heavy atom. The number of ether oxygens (including phenoxy) is 2. The van der Waals surface area contributed by atoms with Crippen molar-refractivity contribution in [3.63, 3.8) is 0 Å². The van der Waals surface area contributed by atoms with E-state index in [0.29, 0.717) is 37.0 Å². The van der Waals surface area contributed by atoms with Crippen molar-refractivity contribution in [2.45, 2.75) is 12.5 Å². The molecule has 0 radical (unpaired) electrons. The normalized spacial score (nSPS) is 16.3. The number of nitrogens with zero attached hydrogens (tertiary/aromatic N) is 4. The van der Waals surface area contributed by atoms with E-state index in [1.807, 2.05) is 30.3 Å². The minimum absolute atomic E-state index is 0.157. The first-order valence-corrected chi connectivity index (χ1v) is 8.57. The molecule has 1 atom stereocenters. The third kappa shape index (κ3) is 3.74. The molecule has 1 saturated heterocycles. The summed E-state index contributed by atoms with van der Waals surface area (Å²) in [6.07, 6.45) is 3.58. The number of aromatic nitrogens is 3. The van der Waals surface area contributed by atoms with Crippen LogP contribution >= 0.6 is 0 Å². The molecule has 2 aromatic heterocycles. The van der Waals surface area contributed by atoms with Gasteiger partial charge in [0, 0.05) is 24.6 Å². The predicted molar refractivity (Wildman–Crippen MR) is 95.5 cm³/mol. The molecule has 1 aliphatic rings. The molecule has 4 rings (SSSR count). The summed E-state index contributed by atoms with van der Waals surface area (Å²) >= 11 is 0. The van der Waals surface area contributed by atoms with Gasteiger partial charge in [-0.1, -0.05) is 35.5 Å². The molecule has 0 bridgehead atoms. The minimum Gasteiger partial charge on any atom is -0.480 e. The average Bonchev–Trinajstić information content (AvgIpc) is 3.38. The first kappa shape index (κ1) is 17.0. The Balaban J connectivity index is 1.40. The zero-order valence-electron chi connectivity index (χ0n) is 14.7. The lowest BCUT2D eigenvalue weighted by atomic mass is 10.1. The molecular weight excluding hydrogens is 348 g/mol. The van der Waals surface area contributed by atoms with Gasteiger partial charge in [0.2, 0.25) is 11.8 Å². The molecule has 3 aromatic rings. The minimum atomic E-state index is -0.177. The second kappa shape index (κ2) is 7.45. The summed E-state index contributed by atoms with van der Waals surface area (Å²) in [5.41, 5.74) is 1.17. The number of benzene rings is 1. The molecule has 1 fully saturated rings. The molecule has 138 valence electrons. The van der Waals surface area contributed by atoms with Crippen molar-refractivity contribution in [1.82, 2.24) is 20.0 Å². The third-order valence-electron chi connectivity index (χ3n) is 4.31. The highest BCUT2D eigenvalue weighted by atomic mass is 16.5. The molecule has 0 saturated carbocycles. The standard InChI is InChI=1S/C19H18N4O4/c1-25-17-10-20-11-18(21-17)26-14-7-8-23(12-14)19(24)15-9-16(27-22-15)13-5-3-2-4-6-13/h2-6,9-11,14H,7-8,12H2,1H3. The van der Waals surface area contributed by atoms with Crippen LogP contribution in [0.2, 0.25) is 0 Å². The molecule has 1 unspecified atom stereocenters. The molecule has 1 aromatic carbocycles. The summed E-state index contributed by atoms with van der Waals surface area (Å²) in [4.78, 5) is 22.6. The highest BCUT2D eigenvalue weighted by molar-refractivity contribution is 5.93. The van der Waals surface area contributed by atoms with Crippen molar-refractivity contribution in [2.75, 3.05) is 20.2 Å². The number of carbonyl (C=O) groups excluding carboxylic acids is 1. The number of amides is 1. The smallest absolute Gasteiger partial charge is 0.276 e. The van der Waals surface area contributed by atoms with E-state index in [1.54, 1.807) is 11.0 Å². The SMILES string of the molecule is COc1cncc(OC2CCN(C(=O)c3cc(-c4ccccc4)on3)C2)n1. The van der Waals surface area contributed by atoms with Gasteiger partial charge in [-0.3, -0.25) is 9.78 Å². The van der Waals surface area contributed by atoms with Crippen molar-refractivity contribution in [3.8, 4) is 23.1 Å². The average molecular weight is 366 g/mol. The number of methoxy groups -OCH3 is 1. The molecule has 1 amide bonds. The Hall–Kier alpha value is -3.42. The van der Waals surface area contributed by atoms with Crippen LogP contribution in [0.1, 0.15) is 16.9 Å². The first-order valence-electron chi connectivity index (χ1n) is 8.57. The van der Waals surface area contributed by atoms with Crippen LogP contribution < -0.4 is 9.47 Å². The van der Waals surface area contributed by atoms with E-state index in [-0.39, 0.29) is 17.7 Å². The Labute approximate surface area is 155 Å². The van der Waals surface area contributed by atoms with Crippen LogP contribution in [-0.4, -0.2) is 52.2 Å². The van der Waals surface area contributed by atoms with Crippen LogP contribution in [0.4, 0.5) is 0 Å². The highest BCUT2D eigenvalue weighted by Crippen LogP contribution is 2.23. The van der Waals surface area contributed by atoms with Crippen molar-refractivity contribution in [3.05, 3.63) is 54.5 Å². The van der Waals surface area contributed by atoms with Crippen LogP contribution in [0.25, 0.3) is 11.3 Å². The summed E-state index contributed by atoms with van der Waals surface area (Å²) < 4.78 is 16.2. The Morgan fingerprint density at radius 2 is 2.04 bits per heavy atom. The lowest BCUT2D eigenvalue weighted by Gasteiger charge is -2.15. The van der Waals surface area contributed by atoms with Crippen LogP contribution in [-0.2, 0) is 0 Å². The van der Waals surface area contributed by atoms with Gasteiger partial charge in [-0.05, 0) is 0 Å². The zero-order chi connectivity index (χ0) is 18.6. The molecule has 27 heavy (non-hydrogen) atoms. The van der Waals surface area contributed by atoms with Crippen molar-refractivity contribution < 1.29 is 18.8 Å². The summed E-state index contributed by atoms with van der Waals surface area (Å²) in [6.45, 7) is 1.03. The number of rotatable bonds is 5. The summed E-state index contributed by atoms with van der Waals surface area (Å²) in [5.74, 6) is 1.15. The summed E-state index contributed by atoms with van der Waals surface area (Å²) in [6, 6.07) is 11.2. The van der Waals surface area contributed by atoms with Crippen LogP contribution in [0.5, 0.6) is 11.8 Å². The largest absolute Gasteiger partial charge is 0.480 e. The van der Waals surface area contributed by atoms with Gasteiger partial charge in [0.15, 0.2) is 11.5 Å². The number of hydrogen-bond acceptors (Lipinski definition) is 7. The van der Waals surface area contributed by atoms with E-state index < -0.39 is 0 Å². The van der Waals surface area contributed by atoms with Crippen LogP contribution in [0.15, 0.2) is 53.3 Å². The Bertz CT molecular complexity index is 928. The number of hydrogen-bond donors (Lipinski definition) is 0. The summed E-state index contributed by atoms with van der Waals surface area (Å²) in [7, 11) is 1.52. The molecule has 8 nitrogen and oxygen atoms in total. The highest BCUT2D eigenvalue weighted by Gasteiger charge is 2.30. The van der Waals surface area contributed by atoms with E-state index in [0.717, 1.165) is 5.56 Å². The quantitative estimate of drug-likeness (QED) is 0.685. The van der Waals surface area contributed by atoms with E-state index in [2.05, 4.69) is 15.1 Å². The maximum atomic E-state index is 12.7. The van der Waals surface area contributed by atoms with Gasteiger partial charge in [-0.2, -0.15) is 4.98 Å². The predicted octanol–water partition coefficient (Wildman–Crippen LogP) is 2.43. The first-order chi connectivity index (χ1) is 13.2. The second-order valence-corrected chi connectivity index (χ2v) is 6.12. The molecule has 0 aliphatic carbocycles. The second-order valence-electron chi connectivity index (χ2n) is 6.12. The van der Waals surface area contributed by atoms with Crippen LogP contribution in [0.3, 0.4) is 0 Å². The summed E-state index contributed by atoms with van der Waals surface area (Å²) in [5, 5.41) is 3.92. The van der Waals surface area contributed by atoms with E-state index in [4.69, 9.17) is 14.0 Å². The lowest BCUT2D eigenvalue weighted by Crippen LogP contribution is -2.31. The maximum absolute atomic E-state index is 12.7. The number of likely N-dealkylation sites (tertiary alicyclic amines) is 1. The van der Waals surface area contributed by atoms with Gasteiger partial charge in [0.05, 0.1) is 26.0 Å². The molecule has 0 spiro atoms.